The quantitative estimate of drug-likeness (QED) is 0.310. The van der Waals surface area contributed by atoms with E-state index in [9.17, 15) is 9.59 Å². The zero-order chi connectivity index (χ0) is 28.9. The van der Waals surface area contributed by atoms with E-state index < -0.39 is 0 Å². The first kappa shape index (κ1) is 27.3. The molecule has 0 radical (unpaired) electrons. The number of ether oxygens (including phenoxy) is 1. The number of hydrogen-bond acceptors (Lipinski definition) is 8. The summed E-state index contributed by atoms with van der Waals surface area (Å²) in [6.07, 6.45) is 6.45. The molecule has 4 heterocycles. The van der Waals surface area contributed by atoms with E-state index in [4.69, 9.17) is 16.3 Å². The van der Waals surface area contributed by atoms with Crippen molar-refractivity contribution >= 4 is 52.4 Å². The number of amides is 3. The molecule has 2 aromatic carbocycles. The number of pyridine rings is 1. The van der Waals surface area contributed by atoms with Crippen LogP contribution in [-0.2, 0) is 17.6 Å². The Hall–Kier alpha value is -4.90. The van der Waals surface area contributed by atoms with E-state index in [0.29, 0.717) is 61.6 Å². The number of nitrogens with zero attached hydrogens (tertiary/aromatic N) is 5. The van der Waals surface area contributed by atoms with Crippen molar-refractivity contribution in [2.24, 2.45) is 0 Å². The first-order valence-corrected chi connectivity index (χ1v) is 14.0. The summed E-state index contributed by atoms with van der Waals surface area (Å²) in [6.45, 7) is 1.69. The Balaban J connectivity index is 1.11. The van der Waals surface area contributed by atoms with E-state index in [1.165, 1.54) is 6.20 Å². The fraction of sp³-hybridized carbons (Fsp3) is 0.233. The van der Waals surface area contributed by atoms with Crippen molar-refractivity contribution in [2.75, 3.05) is 48.7 Å². The second-order valence-corrected chi connectivity index (χ2v) is 10.4. The van der Waals surface area contributed by atoms with Crippen molar-refractivity contribution in [3.63, 3.8) is 0 Å². The predicted octanol–water partition coefficient (Wildman–Crippen LogP) is 4.87. The minimum Gasteiger partial charge on any atom is -0.483 e. The van der Waals surface area contributed by atoms with Gasteiger partial charge >= 0.3 is 6.03 Å². The number of aromatic nitrogens is 3. The van der Waals surface area contributed by atoms with Crippen LogP contribution in [0.15, 0.2) is 73.2 Å². The van der Waals surface area contributed by atoms with Gasteiger partial charge in [0.15, 0.2) is 12.4 Å². The molecular weight excluding hydrogens is 556 g/mol. The van der Waals surface area contributed by atoms with Crippen LogP contribution in [0, 0.1) is 0 Å². The van der Waals surface area contributed by atoms with E-state index in [0.717, 1.165) is 28.2 Å². The highest BCUT2D eigenvalue weighted by molar-refractivity contribution is 6.32. The first-order valence-electron chi connectivity index (χ1n) is 13.7. The van der Waals surface area contributed by atoms with Crippen LogP contribution in [0.4, 0.5) is 33.6 Å². The first-order chi connectivity index (χ1) is 20.5. The number of carbonyl (C=O) groups excluding carboxylic acids is 2. The van der Waals surface area contributed by atoms with Crippen LogP contribution in [0.25, 0.3) is 0 Å². The monoisotopic (exact) mass is 584 g/mol. The fourth-order valence-corrected chi connectivity index (χ4v) is 5.00. The average Bonchev–Trinajstić information content (AvgIpc) is 3.02. The van der Waals surface area contributed by atoms with Crippen molar-refractivity contribution in [2.45, 2.75) is 12.8 Å². The molecule has 0 unspecified atom stereocenters. The molecule has 1 fully saturated rings. The van der Waals surface area contributed by atoms with Gasteiger partial charge in [0.2, 0.25) is 5.95 Å². The summed E-state index contributed by atoms with van der Waals surface area (Å²) in [5, 5.41) is 9.71. The molecule has 2 aliphatic rings. The molecule has 6 rings (SSSR count). The maximum Gasteiger partial charge on any atom is 0.321 e. The number of fused-ring (bicyclic) bond motifs is 6. The molecule has 4 aromatic rings. The third-order valence-electron chi connectivity index (χ3n) is 7.10. The molecule has 0 spiro atoms. The molecule has 2 aromatic heterocycles. The molecule has 11 nitrogen and oxygen atoms in total. The largest absolute Gasteiger partial charge is 0.483 e. The maximum atomic E-state index is 13.0. The Labute approximate surface area is 247 Å². The molecule has 42 heavy (non-hydrogen) atoms. The topological polar surface area (TPSA) is 125 Å². The van der Waals surface area contributed by atoms with Crippen LogP contribution in [0.2, 0.25) is 5.02 Å². The van der Waals surface area contributed by atoms with Gasteiger partial charge in [-0.15, -0.1) is 0 Å². The number of benzene rings is 2. The number of carbonyl (C=O) groups is 2. The van der Waals surface area contributed by atoms with Crippen molar-refractivity contribution in [3.05, 3.63) is 89.3 Å². The Morgan fingerprint density at radius 2 is 1.71 bits per heavy atom. The van der Waals surface area contributed by atoms with Crippen molar-refractivity contribution in [3.8, 4) is 5.75 Å². The van der Waals surface area contributed by atoms with Gasteiger partial charge in [-0.1, -0.05) is 29.8 Å². The van der Waals surface area contributed by atoms with Crippen LogP contribution >= 0.6 is 11.6 Å². The van der Waals surface area contributed by atoms with E-state index in [-0.39, 0.29) is 18.5 Å². The average molecular weight is 585 g/mol. The Kier molecular flexibility index (Phi) is 8.00. The number of nitrogens with one attached hydrogen (secondary N) is 3. The number of piperazine rings is 1. The molecule has 2 aliphatic heterocycles. The Morgan fingerprint density at radius 1 is 0.905 bits per heavy atom. The zero-order valence-corrected chi connectivity index (χ0v) is 23.5. The SMILES string of the molecule is O=C(COc1ccc2cc1CCc1cncc(c1)Nc1ncc(Cl)c(n1)N2)N1CCN(C(=O)Nc2ccccc2)CC1. The second-order valence-electron chi connectivity index (χ2n) is 10.00. The zero-order valence-electron chi connectivity index (χ0n) is 22.7. The highest BCUT2D eigenvalue weighted by Crippen LogP contribution is 2.30. The molecule has 214 valence electrons. The summed E-state index contributed by atoms with van der Waals surface area (Å²) in [6, 6.07) is 16.8. The lowest BCUT2D eigenvalue weighted by atomic mass is 10.0. The lowest BCUT2D eigenvalue weighted by molar-refractivity contribution is -0.134. The minimum atomic E-state index is -0.172. The van der Waals surface area contributed by atoms with Crippen LogP contribution in [0.1, 0.15) is 11.1 Å². The summed E-state index contributed by atoms with van der Waals surface area (Å²) in [4.78, 5) is 42.2. The number of hydrogen-bond donors (Lipinski definition) is 3. The van der Waals surface area contributed by atoms with Crippen molar-refractivity contribution in [1.29, 1.82) is 0 Å². The third-order valence-corrected chi connectivity index (χ3v) is 7.37. The summed E-state index contributed by atoms with van der Waals surface area (Å²) >= 11 is 6.37. The standard InChI is InChI=1S/C30H29ClN8O3/c31-25-18-33-29-35-24-14-20(16-32-17-24)6-7-21-15-23(34-28(25)37-29)8-9-26(21)42-19-27(40)38-10-12-39(13-11-38)30(41)36-22-4-2-1-3-5-22/h1-5,8-9,14-18H,6-7,10-13,19H2,(H,36,41)(H2,33,34,35,37). The lowest BCUT2D eigenvalue weighted by Crippen LogP contribution is -2.52. The van der Waals surface area contributed by atoms with Gasteiger partial charge < -0.3 is 30.5 Å². The molecule has 3 N–H and O–H groups in total. The van der Waals surface area contributed by atoms with Gasteiger partial charge in [-0.2, -0.15) is 4.98 Å². The van der Waals surface area contributed by atoms with Gasteiger partial charge in [0.05, 0.1) is 18.1 Å². The molecule has 0 atom stereocenters. The van der Waals surface area contributed by atoms with E-state index in [2.05, 4.69) is 30.9 Å². The number of urea groups is 1. The Morgan fingerprint density at radius 3 is 2.55 bits per heavy atom. The molecular formula is C30H29ClN8O3. The summed E-state index contributed by atoms with van der Waals surface area (Å²) < 4.78 is 6.07. The third kappa shape index (κ3) is 6.52. The predicted molar refractivity (Wildman–Crippen MR) is 161 cm³/mol. The fourth-order valence-electron chi connectivity index (χ4n) is 4.86. The maximum absolute atomic E-state index is 13.0. The van der Waals surface area contributed by atoms with E-state index >= 15 is 0 Å². The molecule has 0 saturated carbocycles. The van der Waals surface area contributed by atoms with Gasteiger partial charge in [-0.05, 0) is 60.4 Å². The number of rotatable bonds is 4. The number of halogens is 1. The lowest BCUT2D eigenvalue weighted by Gasteiger charge is -2.34. The van der Waals surface area contributed by atoms with Crippen LogP contribution < -0.4 is 20.7 Å². The van der Waals surface area contributed by atoms with Gasteiger partial charge in [0.25, 0.3) is 5.91 Å². The highest BCUT2D eigenvalue weighted by Gasteiger charge is 2.25. The van der Waals surface area contributed by atoms with E-state index in [1.54, 1.807) is 16.0 Å². The normalized spacial score (nSPS) is 14.3. The number of para-hydroxylation sites is 1. The Bertz CT molecular complexity index is 1590. The van der Waals surface area contributed by atoms with Gasteiger partial charge in [0.1, 0.15) is 10.8 Å². The molecule has 6 bridgehead atoms. The summed E-state index contributed by atoms with van der Waals surface area (Å²) in [7, 11) is 0. The molecule has 1 saturated heterocycles. The van der Waals surface area contributed by atoms with Crippen LogP contribution in [-0.4, -0.2) is 69.5 Å². The van der Waals surface area contributed by atoms with Crippen LogP contribution in [0.5, 0.6) is 5.75 Å². The second kappa shape index (κ2) is 12.3. The van der Waals surface area contributed by atoms with Gasteiger partial charge in [-0.25, -0.2) is 9.78 Å². The smallest absolute Gasteiger partial charge is 0.321 e. The summed E-state index contributed by atoms with van der Waals surface area (Å²) in [5.74, 6) is 1.36. The number of anilines is 5. The molecule has 0 aliphatic carbocycles. The van der Waals surface area contributed by atoms with Gasteiger partial charge in [0, 0.05) is 43.8 Å². The van der Waals surface area contributed by atoms with Crippen LogP contribution in [0.3, 0.4) is 0 Å². The molecule has 12 heteroatoms. The van der Waals surface area contributed by atoms with E-state index in [1.807, 2.05) is 60.8 Å². The van der Waals surface area contributed by atoms with Crippen molar-refractivity contribution < 1.29 is 14.3 Å². The highest BCUT2D eigenvalue weighted by atomic mass is 35.5. The van der Waals surface area contributed by atoms with Crippen molar-refractivity contribution in [1.82, 2.24) is 24.8 Å². The number of aryl methyl sites for hydroxylation is 2. The van der Waals surface area contributed by atoms with Gasteiger partial charge in [-0.3, -0.25) is 9.78 Å². The summed E-state index contributed by atoms with van der Waals surface area (Å²) in [5.41, 5.74) is 4.25. The molecule has 3 amide bonds. The minimum absolute atomic E-state index is 0.0992.